The van der Waals surface area contributed by atoms with E-state index in [9.17, 15) is 13.6 Å². The molecule has 1 heterocycles. The fourth-order valence-electron chi connectivity index (χ4n) is 1.51. The van der Waals surface area contributed by atoms with Gasteiger partial charge in [-0.1, -0.05) is 0 Å². The van der Waals surface area contributed by atoms with Crippen LogP contribution in [0.1, 0.15) is 24.5 Å². The van der Waals surface area contributed by atoms with Crippen LogP contribution in [0.15, 0.2) is 18.2 Å². The van der Waals surface area contributed by atoms with Crippen molar-refractivity contribution in [2.24, 2.45) is 0 Å². The van der Waals surface area contributed by atoms with Crippen LogP contribution in [0.2, 0.25) is 0 Å². The summed E-state index contributed by atoms with van der Waals surface area (Å²) in [4.78, 5) is 10.8. The van der Waals surface area contributed by atoms with E-state index in [-0.39, 0.29) is 18.0 Å². The Morgan fingerprint density at radius 1 is 1.36 bits per heavy atom. The Morgan fingerprint density at radius 2 is 2.14 bits per heavy atom. The molecule has 1 aliphatic heterocycles. The van der Waals surface area contributed by atoms with Gasteiger partial charge in [0.15, 0.2) is 0 Å². The average molecular weight is 198 g/mol. The number of rotatable bonds is 1. The van der Waals surface area contributed by atoms with Gasteiger partial charge in [-0.3, -0.25) is 4.79 Å². The predicted molar refractivity (Wildman–Crippen MR) is 44.4 cm³/mol. The lowest BCUT2D eigenvalue weighted by Crippen LogP contribution is -2.01. The molecule has 0 N–H and O–H groups in total. The van der Waals surface area contributed by atoms with E-state index in [4.69, 9.17) is 4.74 Å². The molecule has 0 amide bonds. The largest absolute Gasteiger partial charge is 0.457 e. The third-order valence-electron chi connectivity index (χ3n) is 2.19. The van der Waals surface area contributed by atoms with Crippen molar-refractivity contribution in [3.8, 4) is 0 Å². The van der Waals surface area contributed by atoms with Gasteiger partial charge < -0.3 is 4.74 Å². The van der Waals surface area contributed by atoms with Crippen molar-refractivity contribution in [1.82, 2.24) is 0 Å². The molecule has 1 aromatic carbocycles. The van der Waals surface area contributed by atoms with E-state index in [2.05, 4.69) is 0 Å². The normalized spacial score (nSPS) is 21.0. The van der Waals surface area contributed by atoms with Gasteiger partial charge in [0.2, 0.25) is 0 Å². The quantitative estimate of drug-likeness (QED) is 0.647. The topological polar surface area (TPSA) is 26.3 Å². The van der Waals surface area contributed by atoms with Gasteiger partial charge in [-0.05, 0) is 24.6 Å². The van der Waals surface area contributed by atoms with Crippen LogP contribution in [0.3, 0.4) is 0 Å². The maximum Gasteiger partial charge on any atom is 0.306 e. The second-order valence-corrected chi connectivity index (χ2v) is 3.18. The summed E-state index contributed by atoms with van der Waals surface area (Å²) in [5.74, 6) is -1.42. The maximum absolute atomic E-state index is 13.2. The lowest BCUT2D eigenvalue weighted by Gasteiger charge is -2.10. The second-order valence-electron chi connectivity index (χ2n) is 3.18. The number of benzene rings is 1. The molecule has 1 aromatic rings. The lowest BCUT2D eigenvalue weighted by molar-refractivity contribution is -0.141. The zero-order valence-corrected chi connectivity index (χ0v) is 7.30. The molecule has 2 nitrogen and oxygen atoms in total. The molecule has 74 valence electrons. The fourth-order valence-corrected chi connectivity index (χ4v) is 1.51. The third-order valence-corrected chi connectivity index (χ3v) is 2.19. The molecule has 0 aromatic heterocycles. The first kappa shape index (κ1) is 9.12. The Bertz CT molecular complexity index is 376. The highest BCUT2D eigenvalue weighted by atomic mass is 19.1. The van der Waals surface area contributed by atoms with Crippen molar-refractivity contribution in [1.29, 1.82) is 0 Å². The number of ether oxygens (including phenoxy) is 1. The van der Waals surface area contributed by atoms with Crippen molar-refractivity contribution < 1.29 is 18.3 Å². The van der Waals surface area contributed by atoms with E-state index >= 15 is 0 Å². The minimum Gasteiger partial charge on any atom is -0.457 e. The van der Waals surface area contributed by atoms with Gasteiger partial charge in [0.1, 0.15) is 17.7 Å². The highest BCUT2D eigenvalue weighted by molar-refractivity contribution is 5.71. The number of esters is 1. The van der Waals surface area contributed by atoms with Gasteiger partial charge >= 0.3 is 5.97 Å². The number of hydrogen-bond donors (Lipinski definition) is 0. The third kappa shape index (κ3) is 1.60. The molecular weight excluding hydrogens is 190 g/mol. The van der Waals surface area contributed by atoms with E-state index in [0.29, 0.717) is 6.42 Å². The van der Waals surface area contributed by atoms with E-state index in [1.807, 2.05) is 0 Å². The van der Waals surface area contributed by atoms with Crippen molar-refractivity contribution in [3.63, 3.8) is 0 Å². The summed E-state index contributed by atoms with van der Waals surface area (Å²) >= 11 is 0. The fraction of sp³-hybridized carbons (Fsp3) is 0.300. The van der Waals surface area contributed by atoms with Crippen LogP contribution in [0.5, 0.6) is 0 Å². The molecule has 1 unspecified atom stereocenters. The average Bonchev–Trinajstić information content (AvgIpc) is 2.56. The van der Waals surface area contributed by atoms with Gasteiger partial charge in [-0.15, -0.1) is 0 Å². The van der Waals surface area contributed by atoms with Gasteiger partial charge in [-0.2, -0.15) is 0 Å². The minimum atomic E-state index is -0.627. The van der Waals surface area contributed by atoms with Gasteiger partial charge in [0, 0.05) is 12.0 Å². The maximum atomic E-state index is 13.2. The molecule has 1 aliphatic rings. The molecule has 0 bridgehead atoms. The molecule has 1 saturated heterocycles. The summed E-state index contributed by atoms with van der Waals surface area (Å²) in [6.07, 6.45) is 0.0537. The van der Waals surface area contributed by atoms with Crippen LogP contribution in [0, 0.1) is 11.6 Å². The molecule has 1 atom stereocenters. The van der Waals surface area contributed by atoms with Crippen molar-refractivity contribution in [2.45, 2.75) is 18.9 Å². The van der Waals surface area contributed by atoms with E-state index in [1.54, 1.807) is 0 Å². The van der Waals surface area contributed by atoms with E-state index in [1.165, 1.54) is 0 Å². The molecule has 1 fully saturated rings. The van der Waals surface area contributed by atoms with Crippen LogP contribution < -0.4 is 0 Å². The summed E-state index contributed by atoms with van der Waals surface area (Å²) in [5.41, 5.74) is 0.121. The Kier molecular flexibility index (Phi) is 2.19. The zero-order valence-electron chi connectivity index (χ0n) is 7.30. The minimum absolute atomic E-state index is 0.121. The van der Waals surface area contributed by atoms with Crippen LogP contribution in [0.4, 0.5) is 8.78 Å². The number of hydrogen-bond acceptors (Lipinski definition) is 2. The SMILES string of the molecule is O=C1CCC(c2cc(F)ccc2F)O1. The van der Waals surface area contributed by atoms with E-state index in [0.717, 1.165) is 18.2 Å². The first-order chi connectivity index (χ1) is 6.66. The zero-order chi connectivity index (χ0) is 10.1. The van der Waals surface area contributed by atoms with Crippen LogP contribution in [-0.4, -0.2) is 5.97 Å². The smallest absolute Gasteiger partial charge is 0.306 e. The Hall–Kier alpha value is -1.45. The molecule has 2 rings (SSSR count). The van der Waals surface area contributed by atoms with E-state index < -0.39 is 17.7 Å². The number of carbonyl (C=O) groups excluding carboxylic acids is 1. The summed E-state index contributed by atoms with van der Waals surface area (Å²) in [5, 5.41) is 0. The van der Waals surface area contributed by atoms with Gasteiger partial charge in [0.25, 0.3) is 0 Å². The molecule has 4 heteroatoms. The molecular formula is C10H8F2O2. The molecule has 14 heavy (non-hydrogen) atoms. The summed E-state index contributed by atoms with van der Waals surface area (Å²) in [7, 11) is 0. The van der Waals surface area contributed by atoms with Crippen molar-refractivity contribution in [2.75, 3.05) is 0 Å². The monoisotopic (exact) mass is 198 g/mol. The molecule has 0 aliphatic carbocycles. The molecule has 0 radical (unpaired) electrons. The highest BCUT2D eigenvalue weighted by Gasteiger charge is 2.27. The van der Waals surface area contributed by atoms with Gasteiger partial charge in [-0.25, -0.2) is 8.78 Å². The van der Waals surface area contributed by atoms with Crippen LogP contribution >= 0.6 is 0 Å². The number of halogens is 2. The first-order valence-electron chi connectivity index (χ1n) is 4.31. The first-order valence-corrected chi connectivity index (χ1v) is 4.31. The van der Waals surface area contributed by atoms with Crippen molar-refractivity contribution in [3.05, 3.63) is 35.4 Å². The highest BCUT2D eigenvalue weighted by Crippen LogP contribution is 2.31. The lowest BCUT2D eigenvalue weighted by atomic mass is 10.1. The Labute approximate surface area is 79.5 Å². The van der Waals surface area contributed by atoms with Gasteiger partial charge in [0.05, 0.1) is 0 Å². The van der Waals surface area contributed by atoms with Crippen molar-refractivity contribution >= 4 is 5.97 Å². The number of carbonyl (C=O) groups is 1. The van der Waals surface area contributed by atoms with Crippen LogP contribution in [0.25, 0.3) is 0 Å². The summed E-state index contributed by atoms with van der Waals surface area (Å²) in [6, 6.07) is 3.14. The predicted octanol–water partition coefficient (Wildman–Crippen LogP) is 2.34. The summed E-state index contributed by atoms with van der Waals surface area (Å²) < 4.78 is 30.8. The Morgan fingerprint density at radius 3 is 2.79 bits per heavy atom. The molecule has 0 saturated carbocycles. The van der Waals surface area contributed by atoms with Crippen LogP contribution in [-0.2, 0) is 9.53 Å². The standard InChI is InChI=1S/C10H8F2O2/c11-6-1-2-8(12)7(5-6)9-3-4-10(13)14-9/h1-2,5,9H,3-4H2. The Balaban J connectivity index is 2.31. The molecule has 0 spiro atoms. The number of cyclic esters (lactones) is 1. The summed E-state index contributed by atoms with van der Waals surface area (Å²) in [6.45, 7) is 0. The second kappa shape index (κ2) is 3.36.